The average Bonchev–Trinajstić information content (AvgIpc) is 3.40. The topological polar surface area (TPSA) is 97.8 Å². The Morgan fingerprint density at radius 3 is 2.02 bits per heavy atom. The lowest BCUT2D eigenvalue weighted by Crippen LogP contribution is -2.22. The summed E-state index contributed by atoms with van der Waals surface area (Å²) < 4.78 is 29.2. The molecule has 6 rings (SSSR count). The van der Waals surface area contributed by atoms with Gasteiger partial charge in [-0.25, -0.2) is 13.4 Å². The van der Waals surface area contributed by atoms with Gasteiger partial charge in [0.2, 0.25) is 0 Å². The summed E-state index contributed by atoms with van der Waals surface area (Å²) in [7, 11) is -3.89. The van der Waals surface area contributed by atoms with Crippen LogP contribution in [0.25, 0.3) is 10.9 Å². The van der Waals surface area contributed by atoms with Gasteiger partial charge in [-0.15, -0.1) is 0 Å². The first-order valence-electron chi connectivity index (χ1n) is 14.8. The number of anilines is 1. The standard InChI is InChI=1S/C37H34N4O3S/c1-2-41(25-27-12-6-3-7-13-27)26-28-18-20-30(21-19-28)38-36(29-14-8-4-9-15-29)35-33-24-32(22-23-34(33)39-37(35)42)45(43,44)40-31-16-10-5-11-17-31/h3-24,39-40,42H,2,25-26H2,1H3. The molecule has 0 aliphatic heterocycles. The van der Waals surface area contributed by atoms with Gasteiger partial charge in [-0.1, -0.05) is 97.9 Å². The Morgan fingerprint density at radius 1 is 0.778 bits per heavy atom. The normalized spacial score (nSPS) is 12.1. The predicted octanol–water partition coefficient (Wildman–Crippen LogP) is 7.87. The lowest BCUT2D eigenvalue weighted by atomic mass is 10.0. The van der Waals surface area contributed by atoms with Gasteiger partial charge < -0.3 is 10.1 Å². The second-order valence-corrected chi connectivity index (χ2v) is 12.5. The zero-order valence-corrected chi connectivity index (χ0v) is 25.7. The Balaban J connectivity index is 1.35. The third kappa shape index (κ3) is 6.98. The first-order chi connectivity index (χ1) is 21.9. The van der Waals surface area contributed by atoms with Gasteiger partial charge in [-0.05, 0) is 60.1 Å². The molecular weight excluding hydrogens is 580 g/mol. The van der Waals surface area contributed by atoms with Crippen molar-refractivity contribution in [1.29, 1.82) is 0 Å². The number of para-hydroxylation sites is 1. The van der Waals surface area contributed by atoms with Crippen LogP contribution in [0.15, 0.2) is 143 Å². The highest BCUT2D eigenvalue weighted by atomic mass is 32.2. The van der Waals surface area contributed by atoms with Gasteiger partial charge in [0.25, 0.3) is 10.0 Å². The van der Waals surface area contributed by atoms with Gasteiger partial charge in [0.1, 0.15) is 0 Å². The Labute approximate surface area is 263 Å². The number of aromatic nitrogens is 1. The number of nitrogens with zero attached hydrogens (tertiary/aromatic N) is 2. The molecule has 0 aliphatic carbocycles. The second-order valence-electron chi connectivity index (χ2n) is 10.8. The van der Waals surface area contributed by atoms with E-state index in [4.69, 9.17) is 4.99 Å². The summed E-state index contributed by atoms with van der Waals surface area (Å²) in [4.78, 5) is 10.5. The molecule has 0 saturated carbocycles. The molecule has 226 valence electrons. The van der Waals surface area contributed by atoms with Crippen LogP contribution in [0.2, 0.25) is 0 Å². The van der Waals surface area contributed by atoms with E-state index in [1.54, 1.807) is 36.4 Å². The highest BCUT2D eigenvalue weighted by molar-refractivity contribution is 7.92. The Hall–Kier alpha value is -5.18. The lowest BCUT2D eigenvalue weighted by Gasteiger charge is -2.20. The molecular formula is C37H34N4O3S. The van der Waals surface area contributed by atoms with E-state index in [-0.39, 0.29) is 10.8 Å². The minimum Gasteiger partial charge on any atom is -0.494 e. The van der Waals surface area contributed by atoms with Gasteiger partial charge in [-0.2, -0.15) is 0 Å². The van der Waals surface area contributed by atoms with E-state index in [9.17, 15) is 13.5 Å². The summed E-state index contributed by atoms with van der Waals surface area (Å²) >= 11 is 0. The first-order valence-corrected chi connectivity index (χ1v) is 16.3. The van der Waals surface area contributed by atoms with Crippen molar-refractivity contribution in [3.63, 3.8) is 0 Å². The van der Waals surface area contributed by atoms with Crippen molar-refractivity contribution in [3.8, 4) is 5.88 Å². The number of sulfonamides is 1. The zero-order chi connectivity index (χ0) is 31.2. The van der Waals surface area contributed by atoms with Crippen molar-refractivity contribution in [2.45, 2.75) is 24.9 Å². The van der Waals surface area contributed by atoms with Crippen molar-refractivity contribution in [2.24, 2.45) is 4.99 Å². The summed E-state index contributed by atoms with van der Waals surface area (Å²) in [5.41, 5.74) is 5.96. The number of aliphatic imine (C=N–C) groups is 1. The largest absolute Gasteiger partial charge is 0.494 e. The average molecular weight is 615 g/mol. The van der Waals surface area contributed by atoms with E-state index in [1.807, 2.05) is 54.6 Å². The van der Waals surface area contributed by atoms with Crippen molar-refractivity contribution in [3.05, 3.63) is 156 Å². The third-order valence-corrected chi connectivity index (χ3v) is 9.03. The first kappa shape index (κ1) is 29.9. The smallest absolute Gasteiger partial charge is 0.261 e. The quantitative estimate of drug-likeness (QED) is 0.129. The molecule has 45 heavy (non-hydrogen) atoms. The van der Waals surface area contributed by atoms with Crippen molar-refractivity contribution in [1.82, 2.24) is 9.88 Å². The van der Waals surface area contributed by atoms with Crippen LogP contribution in [-0.4, -0.2) is 35.7 Å². The third-order valence-electron chi connectivity index (χ3n) is 7.65. The van der Waals surface area contributed by atoms with Gasteiger partial charge >= 0.3 is 0 Å². The van der Waals surface area contributed by atoms with Crippen LogP contribution in [0.5, 0.6) is 5.88 Å². The van der Waals surface area contributed by atoms with E-state index in [2.05, 4.69) is 57.9 Å². The molecule has 0 amide bonds. The lowest BCUT2D eigenvalue weighted by molar-refractivity contribution is 0.271. The molecule has 3 N–H and O–H groups in total. The molecule has 5 aromatic carbocycles. The summed E-state index contributed by atoms with van der Waals surface area (Å²) in [5.74, 6) is -0.0886. The molecule has 0 saturated heterocycles. The summed E-state index contributed by atoms with van der Waals surface area (Å²) in [5, 5.41) is 11.7. The molecule has 1 heterocycles. The van der Waals surface area contributed by atoms with Crippen LogP contribution in [-0.2, 0) is 23.1 Å². The number of fused-ring (bicyclic) bond motifs is 1. The minimum absolute atomic E-state index is 0.0758. The van der Waals surface area contributed by atoms with Gasteiger partial charge in [-0.3, -0.25) is 9.62 Å². The monoisotopic (exact) mass is 614 g/mol. The Kier molecular flexibility index (Phi) is 8.77. The Bertz CT molecular complexity index is 2020. The second kappa shape index (κ2) is 13.2. The molecule has 0 bridgehead atoms. The van der Waals surface area contributed by atoms with Gasteiger partial charge in [0.05, 0.1) is 21.9 Å². The molecule has 0 fully saturated rings. The van der Waals surface area contributed by atoms with E-state index in [0.717, 1.165) is 25.2 Å². The predicted molar refractivity (Wildman–Crippen MR) is 182 cm³/mol. The van der Waals surface area contributed by atoms with Crippen LogP contribution >= 0.6 is 0 Å². The van der Waals surface area contributed by atoms with Crippen LogP contribution in [0.1, 0.15) is 29.2 Å². The summed E-state index contributed by atoms with van der Waals surface area (Å²) in [6.45, 7) is 4.76. The number of hydrogen-bond acceptors (Lipinski definition) is 5. The SMILES string of the molecule is CCN(Cc1ccccc1)Cc1ccc(N=C(c2ccccc2)c2c(O)[nH]c3ccc(S(=O)(=O)Nc4ccccc4)cc23)cc1. The number of aromatic hydroxyl groups is 1. The zero-order valence-electron chi connectivity index (χ0n) is 24.9. The molecule has 0 unspecified atom stereocenters. The van der Waals surface area contributed by atoms with E-state index < -0.39 is 10.0 Å². The number of hydrogen-bond donors (Lipinski definition) is 3. The number of H-pyrrole nitrogens is 1. The molecule has 6 aromatic rings. The number of nitrogens with one attached hydrogen (secondary N) is 2. The molecule has 0 radical (unpaired) electrons. The van der Waals surface area contributed by atoms with E-state index >= 15 is 0 Å². The fourth-order valence-electron chi connectivity index (χ4n) is 5.33. The number of rotatable bonds is 11. The van der Waals surface area contributed by atoms with Gasteiger partial charge in [0.15, 0.2) is 5.88 Å². The summed E-state index contributed by atoms with van der Waals surface area (Å²) in [6.07, 6.45) is 0. The van der Waals surface area contributed by atoms with E-state index in [0.29, 0.717) is 33.6 Å². The fraction of sp³-hybridized carbons (Fsp3) is 0.108. The molecule has 0 spiro atoms. The van der Waals surface area contributed by atoms with Crippen LogP contribution in [0.3, 0.4) is 0 Å². The maximum atomic E-state index is 13.3. The molecule has 7 nitrogen and oxygen atoms in total. The number of aromatic amines is 1. The maximum absolute atomic E-state index is 13.3. The van der Waals surface area contributed by atoms with Crippen molar-refractivity contribution in [2.75, 3.05) is 11.3 Å². The van der Waals surface area contributed by atoms with Crippen LogP contribution in [0.4, 0.5) is 11.4 Å². The van der Waals surface area contributed by atoms with Crippen molar-refractivity contribution >= 4 is 38.0 Å². The van der Waals surface area contributed by atoms with Crippen LogP contribution < -0.4 is 4.72 Å². The number of benzene rings is 5. The molecule has 1 aromatic heterocycles. The molecule has 0 atom stereocenters. The Morgan fingerprint density at radius 2 is 1.38 bits per heavy atom. The van der Waals surface area contributed by atoms with Gasteiger partial charge in [0, 0.05) is 35.2 Å². The fourth-order valence-corrected chi connectivity index (χ4v) is 6.41. The molecule has 8 heteroatoms. The highest BCUT2D eigenvalue weighted by Crippen LogP contribution is 2.33. The molecule has 0 aliphatic rings. The van der Waals surface area contributed by atoms with Crippen molar-refractivity contribution < 1.29 is 13.5 Å². The minimum atomic E-state index is -3.89. The van der Waals surface area contributed by atoms with E-state index in [1.165, 1.54) is 17.2 Å². The summed E-state index contributed by atoms with van der Waals surface area (Å²) in [6, 6.07) is 41.6. The highest BCUT2D eigenvalue weighted by Gasteiger charge is 2.22. The maximum Gasteiger partial charge on any atom is 0.261 e. The van der Waals surface area contributed by atoms with Crippen LogP contribution in [0, 0.1) is 0 Å².